The second-order valence-corrected chi connectivity index (χ2v) is 9.81. The summed E-state index contributed by atoms with van der Waals surface area (Å²) in [6, 6.07) is 4.87. The number of carbonyl (C=O) groups excluding carboxylic acids is 1. The summed E-state index contributed by atoms with van der Waals surface area (Å²) < 4.78 is 27.0. The highest BCUT2D eigenvalue weighted by Crippen LogP contribution is 2.29. The highest BCUT2D eigenvalue weighted by atomic mass is 35.5. The summed E-state index contributed by atoms with van der Waals surface area (Å²) in [5.41, 5.74) is 0.303. The molecule has 1 amide bonds. The molecule has 1 fully saturated rings. The van der Waals surface area contributed by atoms with Crippen molar-refractivity contribution >= 4 is 27.5 Å². The van der Waals surface area contributed by atoms with Gasteiger partial charge >= 0.3 is 0 Å². The van der Waals surface area contributed by atoms with Crippen LogP contribution in [0, 0.1) is 12.8 Å². The number of benzene rings is 1. The molecule has 7 heteroatoms. The number of hydrogen-bond donors (Lipinski definition) is 0. The molecule has 24 heavy (non-hydrogen) atoms. The van der Waals surface area contributed by atoms with Crippen molar-refractivity contribution in [2.24, 2.45) is 5.92 Å². The van der Waals surface area contributed by atoms with Crippen molar-refractivity contribution in [3.63, 3.8) is 0 Å². The van der Waals surface area contributed by atoms with Gasteiger partial charge in [-0.25, -0.2) is 12.7 Å². The Hall–Kier alpha value is -1.11. The van der Waals surface area contributed by atoms with Gasteiger partial charge in [0.2, 0.25) is 15.9 Å². The van der Waals surface area contributed by atoms with Crippen molar-refractivity contribution < 1.29 is 13.2 Å². The minimum Gasteiger partial charge on any atom is -0.338 e. The van der Waals surface area contributed by atoms with E-state index < -0.39 is 10.0 Å². The monoisotopic (exact) mass is 372 g/mol. The molecule has 0 saturated carbocycles. The molecule has 0 aromatic heterocycles. The first-order chi connectivity index (χ1) is 10.9. The lowest BCUT2D eigenvalue weighted by Crippen LogP contribution is -2.43. The van der Waals surface area contributed by atoms with Gasteiger partial charge in [0.15, 0.2) is 0 Å². The van der Waals surface area contributed by atoms with Crippen LogP contribution in [0.1, 0.15) is 32.8 Å². The lowest BCUT2D eigenvalue weighted by Gasteiger charge is -2.32. The number of sulfonamides is 1. The smallest absolute Gasteiger partial charge is 0.243 e. The second-order valence-electron chi connectivity index (χ2n) is 7.39. The van der Waals surface area contributed by atoms with Gasteiger partial charge in [-0.05, 0) is 51.3 Å². The Morgan fingerprint density at radius 1 is 1.33 bits per heavy atom. The van der Waals surface area contributed by atoms with Crippen molar-refractivity contribution in [1.82, 2.24) is 9.21 Å². The average molecular weight is 373 g/mol. The molecule has 1 aliphatic heterocycles. The Morgan fingerprint density at radius 2 is 1.96 bits per heavy atom. The first kappa shape index (κ1) is 19.2. The molecular weight excluding hydrogens is 348 g/mol. The molecule has 0 spiro atoms. The van der Waals surface area contributed by atoms with E-state index >= 15 is 0 Å². The largest absolute Gasteiger partial charge is 0.338 e. The third kappa shape index (κ3) is 3.76. The van der Waals surface area contributed by atoms with E-state index in [1.807, 2.05) is 25.7 Å². The predicted octanol–water partition coefficient (Wildman–Crippen LogP) is 2.92. The van der Waals surface area contributed by atoms with Gasteiger partial charge in [-0.1, -0.05) is 17.7 Å². The number of hydrogen-bond acceptors (Lipinski definition) is 3. The number of carbonyl (C=O) groups is 1. The molecule has 1 aliphatic rings. The summed E-state index contributed by atoms with van der Waals surface area (Å²) in [5.74, 6) is 0.0771. The van der Waals surface area contributed by atoms with Crippen LogP contribution in [0.5, 0.6) is 0 Å². The third-order valence-corrected chi connectivity index (χ3v) is 6.81. The van der Waals surface area contributed by atoms with E-state index in [-0.39, 0.29) is 22.3 Å². The van der Waals surface area contributed by atoms with Gasteiger partial charge in [0.1, 0.15) is 0 Å². The molecule has 5 nitrogen and oxygen atoms in total. The van der Waals surface area contributed by atoms with Crippen LogP contribution in [0.25, 0.3) is 0 Å². The molecule has 1 heterocycles. The minimum atomic E-state index is -3.63. The molecule has 0 aliphatic carbocycles. The number of likely N-dealkylation sites (tertiary alicyclic amines) is 1. The molecule has 0 bridgehead atoms. The number of rotatable bonds is 4. The maximum Gasteiger partial charge on any atom is 0.243 e. The van der Waals surface area contributed by atoms with E-state index in [4.69, 9.17) is 11.6 Å². The molecule has 1 saturated heterocycles. The fraction of sp³-hybridized carbons (Fsp3) is 0.588. The van der Waals surface area contributed by atoms with Crippen molar-refractivity contribution in [3.05, 3.63) is 28.8 Å². The maximum absolute atomic E-state index is 12.8. The molecular formula is C17H25ClN2O3S. The lowest BCUT2D eigenvalue weighted by molar-refractivity contribution is -0.131. The van der Waals surface area contributed by atoms with Crippen LogP contribution in [0.2, 0.25) is 5.02 Å². The Balaban J connectivity index is 2.17. The second kappa shape index (κ2) is 6.65. The fourth-order valence-electron chi connectivity index (χ4n) is 3.05. The molecule has 1 aromatic carbocycles. The molecule has 1 unspecified atom stereocenters. The van der Waals surface area contributed by atoms with Gasteiger partial charge in [-0.2, -0.15) is 0 Å². The Morgan fingerprint density at radius 3 is 2.50 bits per heavy atom. The summed E-state index contributed by atoms with van der Waals surface area (Å²) in [6.07, 6.45) is 0.381. The molecule has 1 atom stereocenters. The van der Waals surface area contributed by atoms with Crippen LogP contribution < -0.4 is 0 Å². The zero-order chi connectivity index (χ0) is 18.3. The topological polar surface area (TPSA) is 57.7 Å². The summed E-state index contributed by atoms with van der Waals surface area (Å²) >= 11 is 6.05. The zero-order valence-electron chi connectivity index (χ0n) is 14.8. The van der Waals surface area contributed by atoms with E-state index in [0.717, 1.165) is 0 Å². The SMILES string of the molecule is Cc1c(Cl)cccc1S(=O)(=O)N(C)CC1CC(=O)N(C(C)(C)C)C1. The highest BCUT2D eigenvalue weighted by Gasteiger charge is 2.38. The van der Waals surface area contributed by atoms with Crippen LogP contribution in [-0.4, -0.2) is 49.2 Å². The van der Waals surface area contributed by atoms with Crippen LogP contribution >= 0.6 is 11.6 Å². The molecule has 0 N–H and O–H groups in total. The fourth-order valence-corrected chi connectivity index (χ4v) is 4.77. The number of nitrogens with zero attached hydrogens (tertiary/aromatic N) is 2. The Labute approximate surface area is 149 Å². The third-order valence-electron chi connectivity index (χ3n) is 4.44. The first-order valence-corrected chi connectivity index (χ1v) is 9.78. The van der Waals surface area contributed by atoms with Crippen LogP contribution in [-0.2, 0) is 14.8 Å². The molecule has 134 valence electrons. The lowest BCUT2D eigenvalue weighted by atomic mass is 10.1. The van der Waals surface area contributed by atoms with Gasteiger partial charge in [0, 0.05) is 37.1 Å². The normalized spacial score (nSPS) is 19.4. The summed E-state index contributed by atoms with van der Waals surface area (Å²) in [7, 11) is -2.08. The first-order valence-electron chi connectivity index (χ1n) is 7.96. The zero-order valence-corrected chi connectivity index (χ0v) is 16.4. The van der Waals surface area contributed by atoms with Crippen molar-refractivity contribution in [2.75, 3.05) is 20.1 Å². The standard InChI is InChI=1S/C17H25ClN2O3S/c1-12-14(18)7-6-8-15(12)24(22,23)19(5)10-13-9-16(21)20(11-13)17(2,3)4/h6-8,13H,9-11H2,1-5H3. The van der Waals surface area contributed by atoms with Crippen LogP contribution in [0.4, 0.5) is 0 Å². The van der Waals surface area contributed by atoms with Gasteiger partial charge < -0.3 is 4.90 Å². The van der Waals surface area contributed by atoms with E-state index in [2.05, 4.69) is 0 Å². The number of halogens is 1. The number of amides is 1. The van der Waals surface area contributed by atoms with E-state index in [1.165, 1.54) is 4.31 Å². The van der Waals surface area contributed by atoms with Crippen LogP contribution in [0.3, 0.4) is 0 Å². The van der Waals surface area contributed by atoms with Gasteiger partial charge in [0.25, 0.3) is 0 Å². The Bertz CT molecular complexity index is 741. The van der Waals surface area contributed by atoms with Crippen LogP contribution in [0.15, 0.2) is 23.1 Å². The van der Waals surface area contributed by atoms with Gasteiger partial charge in [-0.3, -0.25) is 4.79 Å². The van der Waals surface area contributed by atoms with Gasteiger partial charge in [-0.15, -0.1) is 0 Å². The molecule has 2 rings (SSSR count). The van der Waals surface area contributed by atoms with E-state index in [9.17, 15) is 13.2 Å². The summed E-state index contributed by atoms with van der Waals surface area (Å²) in [6.45, 7) is 8.56. The minimum absolute atomic E-state index is 0.00371. The molecule has 1 aromatic rings. The quantitative estimate of drug-likeness (QED) is 0.816. The van der Waals surface area contributed by atoms with Gasteiger partial charge in [0.05, 0.1) is 4.90 Å². The van der Waals surface area contributed by atoms with E-state index in [1.54, 1.807) is 32.2 Å². The predicted molar refractivity (Wildman–Crippen MR) is 95.6 cm³/mol. The highest BCUT2D eigenvalue weighted by molar-refractivity contribution is 7.89. The average Bonchev–Trinajstić information content (AvgIpc) is 2.82. The van der Waals surface area contributed by atoms with Crippen molar-refractivity contribution in [1.29, 1.82) is 0 Å². The van der Waals surface area contributed by atoms with E-state index in [0.29, 0.717) is 30.1 Å². The summed E-state index contributed by atoms with van der Waals surface area (Å²) in [4.78, 5) is 14.2. The maximum atomic E-state index is 12.8. The summed E-state index contributed by atoms with van der Waals surface area (Å²) in [5, 5.41) is 0.430. The van der Waals surface area contributed by atoms with Crippen molar-refractivity contribution in [2.45, 2.75) is 44.6 Å². The van der Waals surface area contributed by atoms with Crippen molar-refractivity contribution in [3.8, 4) is 0 Å². The Kier molecular flexibility index (Phi) is 5.33. The molecule has 0 radical (unpaired) electrons.